The van der Waals surface area contributed by atoms with Gasteiger partial charge in [-0.05, 0) is 71.8 Å². The summed E-state index contributed by atoms with van der Waals surface area (Å²) in [6.07, 6.45) is 4.83. The Morgan fingerprint density at radius 3 is 2.00 bits per heavy atom. The minimum absolute atomic E-state index is 0.0695. The predicted octanol–water partition coefficient (Wildman–Crippen LogP) is 5.33. The van der Waals surface area contributed by atoms with Gasteiger partial charge in [-0.25, -0.2) is 0 Å². The number of allylic oxidation sites excluding steroid dienone is 1. The number of ether oxygens (including phenoxy) is 1. The molecular weight excluding hydrogens is 404 g/mol. The number of aromatic hydroxyl groups is 3. The molecule has 0 bridgehead atoms. The quantitative estimate of drug-likeness (QED) is 0.422. The van der Waals surface area contributed by atoms with Crippen LogP contribution in [0, 0.1) is 11.8 Å². The highest BCUT2D eigenvalue weighted by Crippen LogP contribution is 2.42. The zero-order valence-corrected chi connectivity index (χ0v) is 17.7. The molecule has 0 aliphatic carbocycles. The molecule has 1 heterocycles. The molecule has 4 N–H and O–H groups in total. The molecule has 1 unspecified atom stereocenters. The van der Waals surface area contributed by atoms with Crippen LogP contribution >= 0.6 is 0 Å². The molecule has 32 heavy (non-hydrogen) atoms. The van der Waals surface area contributed by atoms with E-state index in [1.165, 1.54) is 0 Å². The van der Waals surface area contributed by atoms with E-state index in [1.54, 1.807) is 48.5 Å². The number of aliphatic hydroxyl groups excluding tert-OH is 1. The van der Waals surface area contributed by atoms with E-state index in [2.05, 4.69) is 6.08 Å². The van der Waals surface area contributed by atoms with E-state index in [9.17, 15) is 20.4 Å². The van der Waals surface area contributed by atoms with Crippen LogP contribution in [0.5, 0.6) is 17.2 Å². The normalized spacial score (nSPS) is 22.1. The summed E-state index contributed by atoms with van der Waals surface area (Å²) in [6, 6.07) is 20.8. The molecule has 1 saturated heterocycles. The standard InChI is InChI=1S/C27H28O5/c28-23-10-4-18(5-11-23)2-1-3-21-16-22(26(31)19-6-12-24(29)13-7-19)17-32-27(21)20-8-14-25(30)15-9-20/h1-2,4-15,21-22,26-31H,3,16-17H2/b2-1+/t21-,22-,26?,27+/m1/s1. The summed E-state index contributed by atoms with van der Waals surface area (Å²) in [7, 11) is 0. The first-order valence-electron chi connectivity index (χ1n) is 10.8. The van der Waals surface area contributed by atoms with Crippen LogP contribution in [0.15, 0.2) is 78.9 Å². The molecule has 4 rings (SSSR count). The average Bonchev–Trinajstić information content (AvgIpc) is 2.81. The Labute approximate surface area is 187 Å². The van der Waals surface area contributed by atoms with Gasteiger partial charge in [-0.3, -0.25) is 0 Å². The van der Waals surface area contributed by atoms with Crippen molar-refractivity contribution in [2.45, 2.75) is 25.0 Å². The zero-order chi connectivity index (χ0) is 22.5. The van der Waals surface area contributed by atoms with E-state index in [-0.39, 0.29) is 35.2 Å². The van der Waals surface area contributed by atoms with Gasteiger partial charge in [-0.15, -0.1) is 0 Å². The first-order valence-corrected chi connectivity index (χ1v) is 10.8. The number of aliphatic hydroxyl groups is 1. The van der Waals surface area contributed by atoms with E-state index in [0.29, 0.717) is 6.61 Å². The highest BCUT2D eigenvalue weighted by atomic mass is 16.5. The third-order valence-electron chi connectivity index (χ3n) is 6.07. The lowest BCUT2D eigenvalue weighted by Gasteiger charge is -2.38. The smallest absolute Gasteiger partial charge is 0.115 e. The van der Waals surface area contributed by atoms with Gasteiger partial charge in [0.2, 0.25) is 0 Å². The van der Waals surface area contributed by atoms with E-state index in [0.717, 1.165) is 29.5 Å². The molecule has 0 saturated carbocycles. The number of phenols is 3. The highest BCUT2D eigenvalue weighted by Gasteiger charge is 2.35. The SMILES string of the molecule is Oc1ccc(/C=C/C[C@@H]2C[C@@H](C(O)c3ccc(O)cc3)CO[C@H]2c2ccc(O)cc2)cc1. The summed E-state index contributed by atoms with van der Waals surface area (Å²) >= 11 is 0. The Balaban J connectivity index is 1.51. The van der Waals surface area contributed by atoms with Crippen LogP contribution in [-0.4, -0.2) is 27.0 Å². The Morgan fingerprint density at radius 2 is 1.38 bits per heavy atom. The summed E-state index contributed by atoms with van der Waals surface area (Å²) in [4.78, 5) is 0. The lowest BCUT2D eigenvalue weighted by Crippen LogP contribution is -2.32. The molecule has 5 heteroatoms. The van der Waals surface area contributed by atoms with Crippen molar-refractivity contribution in [2.75, 3.05) is 6.61 Å². The Morgan fingerprint density at radius 1 is 0.812 bits per heavy atom. The van der Waals surface area contributed by atoms with E-state index in [1.807, 2.05) is 30.3 Å². The minimum atomic E-state index is -0.681. The highest BCUT2D eigenvalue weighted by molar-refractivity contribution is 5.50. The molecule has 1 aliphatic rings. The maximum Gasteiger partial charge on any atom is 0.115 e. The van der Waals surface area contributed by atoms with E-state index in [4.69, 9.17) is 4.74 Å². The number of hydrogen-bond donors (Lipinski definition) is 4. The zero-order valence-electron chi connectivity index (χ0n) is 17.7. The molecular formula is C27H28O5. The van der Waals surface area contributed by atoms with Crippen molar-refractivity contribution < 1.29 is 25.2 Å². The molecule has 0 spiro atoms. The van der Waals surface area contributed by atoms with Crippen LogP contribution in [0.4, 0.5) is 0 Å². The average molecular weight is 433 g/mol. The fourth-order valence-corrected chi connectivity index (χ4v) is 4.32. The van der Waals surface area contributed by atoms with E-state index < -0.39 is 6.10 Å². The third kappa shape index (κ3) is 5.31. The largest absolute Gasteiger partial charge is 0.508 e. The minimum Gasteiger partial charge on any atom is -0.508 e. The summed E-state index contributed by atoms with van der Waals surface area (Å²) in [5, 5.41) is 39.6. The molecule has 3 aromatic carbocycles. The summed E-state index contributed by atoms with van der Waals surface area (Å²) in [5.74, 6) is 0.694. The van der Waals surface area contributed by atoms with Crippen molar-refractivity contribution in [3.8, 4) is 17.2 Å². The van der Waals surface area contributed by atoms with Gasteiger partial charge in [0.15, 0.2) is 0 Å². The number of phenolic OH excluding ortho intramolecular Hbond substituents is 3. The monoisotopic (exact) mass is 432 g/mol. The Kier molecular flexibility index (Phi) is 6.78. The molecule has 166 valence electrons. The first-order chi connectivity index (χ1) is 15.5. The van der Waals surface area contributed by atoms with Gasteiger partial charge in [0.1, 0.15) is 17.2 Å². The molecule has 0 radical (unpaired) electrons. The van der Waals surface area contributed by atoms with Crippen LogP contribution in [-0.2, 0) is 4.74 Å². The van der Waals surface area contributed by atoms with Gasteiger partial charge in [0.25, 0.3) is 0 Å². The number of rotatable bonds is 6. The predicted molar refractivity (Wildman–Crippen MR) is 123 cm³/mol. The molecule has 0 aromatic heterocycles. The topological polar surface area (TPSA) is 90.2 Å². The Bertz CT molecular complexity index is 1030. The van der Waals surface area contributed by atoms with Crippen molar-refractivity contribution in [2.24, 2.45) is 11.8 Å². The second-order valence-corrected chi connectivity index (χ2v) is 8.37. The van der Waals surface area contributed by atoms with Gasteiger partial charge in [0, 0.05) is 5.92 Å². The van der Waals surface area contributed by atoms with Crippen molar-refractivity contribution in [3.63, 3.8) is 0 Å². The molecule has 1 aliphatic heterocycles. The number of hydrogen-bond acceptors (Lipinski definition) is 5. The second kappa shape index (κ2) is 9.90. The van der Waals surface area contributed by atoms with Crippen LogP contribution in [0.3, 0.4) is 0 Å². The van der Waals surface area contributed by atoms with Crippen molar-refractivity contribution in [3.05, 3.63) is 95.6 Å². The van der Waals surface area contributed by atoms with Gasteiger partial charge in [-0.1, -0.05) is 48.6 Å². The first kappa shape index (κ1) is 21.9. The van der Waals surface area contributed by atoms with Crippen molar-refractivity contribution in [1.29, 1.82) is 0 Å². The number of benzene rings is 3. The van der Waals surface area contributed by atoms with Gasteiger partial charge >= 0.3 is 0 Å². The van der Waals surface area contributed by atoms with Gasteiger partial charge in [0.05, 0.1) is 18.8 Å². The maximum absolute atomic E-state index is 10.9. The maximum atomic E-state index is 10.9. The fourth-order valence-electron chi connectivity index (χ4n) is 4.32. The molecule has 4 atom stereocenters. The summed E-state index contributed by atoms with van der Waals surface area (Å²) in [6.45, 7) is 0.422. The molecule has 3 aromatic rings. The molecule has 0 amide bonds. The fraction of sp³-hybridized carbons (Fsp3) is 0.259. The molecule has 1 fully saturated rings. The summed E-state index contributed by atoms with van der Waals surface area (Å²) in [5.41, 5.74) is 2.77. The van der Waals surface area contributed by atoms with Gasteiger partial charge < -0.3 is 25.2 Å². The van der Waals surface area contributed by atoms with Crippen LogP contribution < -0.4 is 0 Å². The van der Waals surface area contributed by atoms with Crippen LogP contribution in [0.25, 0.3) is 6.08 Å². The van der Waals surface area contributed by atoms with Crippen molar-refractivity contribution in [1.82, 2.24) is 0 Å². The van der Waals surface area contributed by atoms with Crippen LogP contribution in [0.2, 0.25) is 0 Å². The van der Waals surface area contributed by atoms with Crippen molar-refractivity contribution >= 4 is 6.08 Å². The summed E-state index contributed by atoms with van der Waals surface area (Å²) < 4.78 is 6.26. The second-order valence-electron chi connectivity index (χ2n) is 8.37. The third-order valence-corrected chi connectivity index (χ3v) is 6.07. The molecule has 5 nitrogen and oxygen atoms in total. The lowest BCUT2D eigenvalue weighted by molar-refractivity contribution is -0.0900. The van der Waals surface area contributed by atoms with Crippen LogP contribution in [0.1, 0.15) is 41.7 Å². The Hall–Kier alpha value is -3.28. The lowest BCUT2D eigenvalue weighted by atomic mass is 9.79. The van der Waals surface area contributed by atoms with E-state index >= 15 is 0 Å². The van der Waals surface area contributed by atoms with Gasteiger partial charge in [-0.2, -0.15) is 0 Å².